The maximum Gasteiger partial charge on any atom is 0.356 e. The molecule has 4 rings (SSSR count). The van der Waals surface area contributed by atoms with Gasteiger partial charge in [0, 0.05) is 13.1 Å². The van der Waals surface area contributed by atoms with Gasteiger partial charge in [0.05, 0.1) is 18.2 Å². The van der Waals surface area contributed by atoms with E-state index in [1.165, 1.54) is 18.3 Å². The summed E-state index contributed by atoms with van der Waals surface area (Å²) in [7, 11) is 1.80. The fourth-order valence-electron chi connectivity index (χ4n) is 2.70. The first kappa shape index (κ1) is 18.8. The lowest BCUT2D eigenvalue weighted by Crippen LogP contribution is -2.04. The van der Waals surface area contributed by atoms with Crippen LogP contribution < -0.4 is 10.1 Å². The molecular weight excluding hydrogens is 388 g/mol. The van der Waals surface area contributed by atoms with Crippen LogP contribution in [0.5, 0.6) is 11.6 Å². The summed E-state index contributed by atoms with van der Waals surface area (Å²) in [6, 6.07) is 8.09. The Labute approximate surface area is 169 Å². The quantitative estimate of drug-likeness (QED) is 0.509. The van der Waals surface area contributed by atoms with Gasteiger partial charge in [-0.1, -0.05) is 0 Å². The number of anilines is 2. The minimum Gasteiger partial charge on any atom is -0.476 e. The summed E-state index contributed by atoms with van der Waals surface area (Å²) < 4.78 is 7.62. The lowest BCUT2D eigenvalue weighted by Gasteiger charge is -2.11. The smallest absolute Gasteiger partial charge is 0.356 e. The number of aromatic carboxylic acids is 1. The van der Waals surface area contributed by atoms with Gasteiger partial charge in [0.25, 0.3) is 0 Å². The molecule has 4 heterocycles. The molecule has 11 nitrogen and oxygen atoms in total. The zero-order valence-electron chi connectivity index (χ0n) is 15.9. The fourth-order valence-corrected chi connectivity index (χ4v) is 2.70. The second kappa shape index (κ2) is 7.44. The number of pyridine rings is 2. The number of fused-ring (bicyclic) bond motifs is 1. The Morgan fingerprint density at radius 2 is 2.10 bits per heavy atom. The van der Waals surface area contributed by atoms with E-state index in [9.17, 15) is 4.79 Å². The van der Waals surface area contributed by atoms with Crippen LogP contribution in [-0.4, -0.2) is 40.8 Å². The molecule has 0 bridgehead atoms. The average molecular weight is 402 g/mol. The van der Waals surface area contributed by atoms with Crippen LogP contribution in [-0.2, 0) is 7.05 Å². The fraction of sp³-hybridized carbons (Fsp3) is 0.105. The third-order valence-electron chi connectivity index (χ3n) is 4.18. The van der Waals surface area contributed by atoms with Gasteiger partial charge in [-0.15, -0.1) is 10.2 Å². The molecule has 0 fully saturated rings. The van der Waals surface area contributed by atoms with Crippen molar-refractivity contribution in [1.82, 2.24) is 29.7 Å². The van der Waals surface area contributed by atoms with E-state index in [1.54, 1.807) is 37.0 Å². The minimum absolute atomic E-state index is 0.161. The van der Waals surface area contributed by atoms with Crippen molar-refractivity contribution < 1.29 is 14.6 Å². The molecule has 0 aliphatic rings. The Morgan fingerprint density at radius 3 is 2.77 bits per heavy atom. The predicted octanol–water partition coefficient (Wildman–Crippen LogP) is 2.57. The van der Waals surface area contributed by atoms with E-state index in [-0.39, 0.29) is 11.6 Å². The highest BCUT2D eigenvalue weighted by Crippen LogP contribution is 2.30. The van der Waals surface area contributed by atoms with Crippen molar-refractivity contribution >= 4 is 28.6 Å². The maximum absolute atomic E-state index is 11.0. The number of imidazole rings is 1. The largest absolute Gasteiger partial charge is 0.476 e. The molecule has 4 aromatic rings. The standard InChI is InChI=1S/C19H14N8O3/c1-10-5-11(7-20)21-8-14(10)30-16-6-13(17-18(24-16)27(2)9-22-17)23-15-4-3-12(19(28)29)25-26-15/h3-6,8-9H,1-2H3,(H,28,29)(H,23,24,26). The minimum atomic E-state index is -1.16. The molecule has 11 heteroatoms. The number of aryl methyl sites for hydroxylation is 2. The number of hydrogen-bond donors (Lipinski definition) is 2. The lowest BCUT2D eigenvalue weighted by atomic mass is 10.2. The van der Waals surface area contributed by atoms with Crippen LogP contribution in [0, 0.1) is 18.3 Å². The van der Waals surface area contributed by atoms with Crippen LogP contribution >= 0.6 is 0 Å². The van der Waals surface area contributed by atoms with Gasteiger partial charge in [0.2, 0.25) is 5.88 Å². The highest BCUT2D eigenvalue weighted by atomic mass is 16.5. The van der Waals surface area contributed by atoms with Gasteiger partial charge in [-0.3, -0.25) is 0 Å². The summed E-state index contributed by atoms with van der Waals surface area (Å²) >= 11 is 0. The van der Waals surface area contributed by atoms with Gasteiger partial charge in [-0.05, 0) is 30.7 Å². The highest BCUT2D eigenvalue weighted by Gasteiger charge is 2.14. The molecule has 0 unspecified atom stereocenters. The number of ether oxygens (including phenoxy) is 1. The van der Waals surface area contributed by atoms with Crippen molar-refractivity contribution in [2.75, 3.05) is 5.32 Å². The third kappa shape index (κ3) is 3.57. The molecule has 0 aliphatic carbocycles. The van der Waals surface area contributed by atoms with E-state index in [0.29, 0.717) is 34.1 Å². The molecule has 2 N–H and O–H groups in total. The van der Waals surface area contributed by atoms with Crippen LogP contribution in [0.25, 0.3) is 11.2 Å². The van der Waals surface area contributed by atoms with E-state index >= 15 is 0 Å². The normalized spacial score (nSPS) is 10.6. The molecule has 0 radical (unpaired) electrons. The summed E-state index contributed by atoms with van der Waals surface area (Å²) in [6.45, 7) is 1.80. The van der Waals surface area contributed by atoms with Crippen molar-refractivity contribution in [1.29, 1.82) is 5.26 Å². The number of aromatic nitrogens is 6. The molecule has 0 aromatic carbocycles. The van der Waals surface area contributed by atoms with E-state index in [1.807, 2.05) is 6.07 Å². The monoisotopic (exact) mass is 402 g/mol. The molecule has 0 amide bonds. The first-order valence-electron chi connectivity index (χ1n) is 8.65. The second-order valence-electron chi connectivity index (χ2n) is 6.32. The second-order valence-corrected chi connectivity index (χ2v) is 6.32. The number of carboxylic acids is 1. The number of carboxylic acid groups (broad SMARTS) is 1. The lowest BCUT2D eigenvalue weighted by molar-refractivity contribution is 0.0689. The Morgan fingerprint density at radius 1 is 1.27 bits per heavy atom. The van der Waals surface area contributed by atoms with Crippen LogP contribution in [0.15, 0.2) is 36.8 Å². The van der Waals surface area contributed by atoms with Crippen LogP contribution in [0.1, 0.15) is 21.7 Å². The molecule has 4 aromatic heterocycles. The summed E-state index contributed by atoms with van der Waals surface area (Å²) in [6.07, 6.45) is 3.08. The number of rotatable bonds is 5. The number of carbonyl (C=O) groups is 1. The third-order valence-corrected chi connectivity index (χ3v) is 4.18. The Bertz CT molecular complexity index is 1310. The van der Waals surface area contributed by atoms with Crippen LogP contribution in [0.4, 0.5) is 11.5 Å². The summed E-state index contributed by atoms with van der Waals surface area (Å²) in [5.41, 5.74) is 2.55. The number of hydrogen-bond acceptors (Lipinski definition) is 9. The van der Waals surface area contributed by atoms with Gasteiger partial charge < -0.3 is 19.7 Å². The molecule has 30 heavy (non-hydrogen) atoms. The molecule has 0 atom stereocenters. The van der Waals surface area contributed by atoms with Gasteiger partial charge in [-0.25, -0.2) is 14.8 Å². The van der Waals surface area contributed by atoms with E-state index in [0.717, 1.165) is 5.56 Å². The zero-order valence-corrected chi connectivity index (χ0v) is 15.9. The number of nitrogens with zero attached hydrogens (tertiary/aromatic N) is 7. The Kier molecular flexibility index (Phi) is 4.65. The van der Waals surface area contributed by atoms with Gasteiger partial charge in [-0.2, -0.15) is 10.2 Å². The Hall–Kier alpha value is -4.59. The van der Waals surface area contributed by atoms with Gasteiger partial charge >= 0.3 is 5.97 Å². The summed E-state index contributed by atoms with van der Waals surface area (Å²) in [4.78, 5) is 23.8. The van der Waals surface area contributed by atoms with Crippen molar-refractivity contribution in [3.05, 3.63) is 53.7 Å². The SMILES string of the molecule is Cc1cc(C#N)ncc1Oc1cc(Nc2ccc(C(=O)O)nn2)c2ncn(C)c2n1. The molecule has 0 saturated carbocycles. The van der Waals surface area contributed by atoms with Gasteiger partial charge in [0.15, 0.2) is 22.9 Å². The molecule has 0 saturated heterocycles. The average Bonchev–Trinajstić information content (AvgIpc) is 3.11. The van der Waals surface area contributed by atoms with E-state index in [2.05, 4.69) is 30.5 Å². The topological polar surface area (TPSA) is 152 Å². The highest BCUT2D eigenvalue weighted by molar-refractivity contribution is 5.89. The Balaban J connectivity index is 1.71. The summed E-state index contributed by atoms with van der Waals surface area (Å²) in [5, 5.41) is 28.5. The molecule has 148 valence electrons. The van der Waals surface area contributed by atoms with Crippen molar-refractivity contribution in [2.24, 2.45) is 7.05 Å². The zero-order chi connectivity index (χ0) is 21.3. The first-order chi connectivity index (χ1) is 14.4. The van der Waals surface area contributed by atoms with Gasteiger partial charge in [0.1, 0.15) is 17.3 Å². The van der Waals surface area contributed by atoms with Crippen LogP contribution in [0.2, 0.25) is 0 Å². The molecular formula is C19H14N8O3. The predicted molar refractivity (Wildman–Crippen MR) is 105 cm³/mol. The summed E-state index contributed by atoms with van der Waals surface area (Å²) in [5.74, 6) is -0.0922. The van der Waals surface area contributed by atoms with E-state index in [4.69, 9.17) is 15.1 Å². The van der Waals surface area contributed by atoms with Crippen LogP contribution in [0.3, 0.4) is 0 Å². The number of nitriles is 1. The van der Waals surface area contributed by atoms with Crippen molar-refractivity contribution in [2.45, 2.75) is 6.92 Å². The number of nitrogens with one attached hydrogen (secondary N) is 1. The first-order valence-corrected chi connectivity index (χ1v) is 8.65. The van der Waals surface area contributed by atoms with E-state index < -0.39 is 5.97 Å². The maximum atomic E-state index is 11.0. The molecule has 0 spiro atoms. The molecule has 0 aliphatic heterocycles. The van der Waals surface area contributed by atoms with Crippen molar-refractivity contribution in [3.8, 4) is 17.7 Å². The van der Waals surface area contributed by atoms with Crippen molar-refractivity contribution in [3.63, 3.8) is 0 Å².